The fraction of sp³-hybridized carbons (Fsp3) is 0.385. The van der Waals surface area contributed by atoms with Crippen molar-refractivity contribution in [2.75, 3.05) is 6.54 Å². The Bertz CT molecular complexity index is 393. The predicted octanol–water partition coefficient (Wildman–Crippen LogP) is 1.96. The van der Waals surface area contributed by atoms with Crippen molar-refractivity contribution >= 4 is 5.91 Å². The van der Waals surface area contributed by atoms with Crippen molar-refractivity contribution in [3.63, 3.8) is 0 Å². The van der Waals surface area contributed by atoms with Crippen LogP contribution < -0.4 is 5.32 Å². The highest BCUT2D eigenvalue weighted by molar-refractivity contribution is 5.78. The van der Waals surface area contributed by atoms with Gasteiger partial charge in [0.2, 0.25) is 5.91 Å². The number of nitriles is 1. The highest BCUT2D eigenvalue weighted by atomic mass is 16.1. The minimum atomic E-state index is 0.0172. The minimum absolute atomic E-state index is 0.0172. The molecular weight excluding hydrogens is 200 g/mol. The van der Waals surface area contributed by atoms with Crippen molar-refractivity contribution in [2.24, 2.45) is 0 Å². The first-order chi connectivity index (χ1) is 7.72. The van der Waals surface area contributed by atoms with E-state index in [0.717, 1.165) is 17.5 Å². The first kappa shape index (κ1) is 12.3. The first-order valence-electron chi connectivity index (χ1n) is 5.41. The fourth-order valence-corrected chi connectivity index (χ4v) is 1.47. The summed E-state index contributed by atoms with van der Waals surface area (Å²) in [6.07, 6.45) is 1.62. The van der Waals surface area contributed by atoms with Crippen molar-refractivity contribution in [1.29, 1.82) is 5.26 Å². The number of amides is 1. The summed E-state index contributed by atoms with van der Waals surface area (Å²) in [5.74, 6) is 0.0172. The van der Waals surface area contributed by atoms with E-state index in [-0.39, 0.29) is 5.91 Å². The van der Waals surface area contributed by atoms with E-state index >= 15 is 0 Å². The van der Waals surface area contributed by atoms with E-state index in [4.69, 9.17) is 5.26 Å². The maximum atomic E-state index is 11.5. The highest BCUT2D eigenvalue weighted by Gasteiger charge is 2.02. The molecule has 16 heavy (non-hydrogen) atoms. The molecule has 1 aromatic carbocycles. The van der Waals surface area contributed by atoms with Crippen LogP contribution in [0.3, 0.4) is 0 Å². The van der Waals surface area contributed by atoms with E-state index in [9.17, 15) is 4.79 Å². The molecule has 0 atom stereocenters. The number of nitrogens with one attached hydrogen (secondary N) is 1. The summed E-state index contributed by atoms with van der Waals surface area (Å²) >= 11 is 0. The van der Waals surface area contributed by atoms with Gasteiger partial charge in [-0.3, -0.25) is 4.79 Å². The minimum Gasteiger partial charge on any atom is -0.356 e. The van der Waals surface area contributed by atoms with Gasteiger partial charge >= 0.3 is 0 Å². The average molecular weight is 216 g/mol. The first-order valence-corrected chi connectivity index (χ1v) is 5.41. The molecule has 0 aliphatic rings. The van der Waals surface area contributed by atoms with Crippen LogP contribution in [0, 0.1) is 18.3 Å². The topological polar surface area (TPSA) is 52.9 Å². The van der Waals surface area contributed by atoms with Crippen LogP contribution in [0.5, 0.6) is 0 Å². The number of aryl methyl sites for hydroxylation is 1. The van der Waals surface area contributed by atoms with Crippen LogP contribution in [0.4, 0.5) is 0 Å². The smallest absolute Gasteiger partial charge is 0.224 e. The summed E-state index contributed by atoms with van der Waals surface area (Å²) in [4.78, 5) is 11.5. The molecule has 0 spiro atoms. The second kappa shape index (κ2) is 6.62. The number of hydrogen-bond acceptors (Lipinski definition) is 2. The second-order valence-electron chi connectivity index (χ2n) is 3.78. The number of benzene rings is 1. The van der Waals surface area contributed by atoms with Gasteiger partial charge in [-0.2, -0.15) is 5.26 Å². The molecule has 84 valence electrons. The molecule has 1 rings (SSSR count). The molecule has 0 saturated heterocycles. The maximum Gasteiger partial charge on any atom is 0.224 e. The molecule has 0 radical (unpaired) electrons. The summed E-state index contributed by atoms with van der Waals surface area (Å²) in [5, 5.41) is 11.1. The molecule has 3 nitrogen and oxygen atoms in total. The largest absolute Gasteiger partial charge is 0.356 e. The zero-order valence-electron chi connectivity index (χ0n) is 9.49. The number of rotatable bonds is 5. The van der Waals surface area contributed by atoms with Gasteiger partial charge in [-0.15, -0.1) is 0 Å². The lowest BCUT2D eigenvalue weighted by atomic mass is 10.1. The van der Waals surface area contributed by atoms with Crippen molar-refractivity contribution in [1.82, 2.24) is 5.32 Å². The lowest BCUT2D eigenvalue weighted by Crippen LogP contribution is -2.26. The number of nitrogens with zero attached hydrogens (tertiary/aromatic N) is 1. The lowest BCUT2D eigenvalue weighted by Gasteiger charge is -2.04. The Morgan fingerprint density at radius 2 is 2.31 bits per heavy atom. The molecule has 0 aliphatic heterocycles. The molecule has 0 unspecified atom stereocenters. The van der Waals surface area contributed by atoms with Gasteiger partial charge in [0.1, 0.15) is 0 Å². The second-order valence-corrected chi connectivity index (χ2v) is 3.78. The van der Waals surface area contributed by atoms with Gasteiger partial charge in [-0.05, 0) is 18.9 Å². The maximum absolute atomic E-state index is 11.5. The van der Waals surface area contributed by atoms with E-state index in [1.54, 1.807) is 0 Å². The van der Waals surface area contributed by atoms with Crippen LogP contribution in [-0.2, 0) is 11.2 Å². The van der Waals surface area contributed by atoms with Gasteiger partial charge in [0, 0.05) is 13.0 Å². The van der Waals surface area contributed by atoms with E-state index < -0.39 is 0 Å². The average Bonchev–Trinajstić information content (AvgIpc) is 2.24. The van der Waals surface area contributed by atoms with Crippen molar-refractivity contribution < 1.29 is 4.79 Å². The van der Waals surface area contributed by atoms with Gasteiger partial charge < -0.3 is 5.32 Å². The quantitative estimate of drug-likeness (QED) is 0.765. The van der Waals surface area contributed by atoms with Crippen LogP contribution in [-0.4, -0.2) is 12.5 Å². The van der Waals surface area contributed by atoms with E-state index in [2.05, 4.69) is 5.32 Å². The molecule has 0 fully saturated rings. The van der Waals surface area contributed by atoms with Crippen molar-refractivity contribution in [3.05, 3.63) is 35.4 Å². The van der Waals surface area contributed by atoms with Crippen LogP contribution in [0.2, 0.25) is 0 Å². The molecule has 0 heterocycles. The highest BCUT2D eigenvalue weighted by Crippen LogP contribution is 2.04. The molecule has 1 N–H and O–H groups in total. The third kappa shape index (κ3) is 4.61. The Hall–Kier alpha value is -1.82. The Kier molecular flexibility index (Phi) is 5.07. The SMILES string of the molecule is Cc1cccc(CC(=O)NCCCC#N)c1. The summed E-state index contributed by atoms with van der Waals surface area (Å²) < 4.78 is 0. The zero-order chi connectivity index (χ0) is 11.8. The number of carbonyl (C=O) groups is 1. The van der Waals surface area contributed by atoms with Crippen molar-refractivity contribution in [3.8, 4) is 6.07 Å². The van der Waals surface area contributed by atoms with Gasteiger partial charge in [-0.25, -0.2) is 0 Å². The van der Waals surface area contributed by atoms with Crippen LogP contribution in [0.25, 0.3) is 0 Å². The van der Waals surface area contributed by atoms with Crippen LogP contribution in [0.15, 0.2) is 24.3 Å². The molecule has 1 amide bonds. The third-order valence-corrected chi connectivity index (χ3v) is 2.23. The number of hydrogen-bond donors (Lipinski definition) is 1. The molecule has 3 heteroatoms. The summed E-state index contributed by atoms with van der Waals surface area (Å²) in [6, 6.07) is 9.96. The molecule has 0 bridgehead atoms. The monoisotopic (exact) mass is 216 g/mol. The van der Waals surface area contributed by atoms with Gasteiger partial charge in [0.15, 0.2) is 0 Å². The molecule has 1 aromatic rings. The number of carbonyl (C=O) groups excluding carboxylic acids is 1. The van der Waals surface area contributed by atoms with Gasteiger partial charge in [0.25, 0.3) is 0 Å². The van der Waals surface area contributed by atoms with Gasteiger partial charge in [-0.1, -0.05) is 29.8 Å². The Balaban J connectivity index is 2.32. The van der Waals surface area contributed by atoms with E-state index in [1.165, 1.54) is 0 Å². The zero-order valence-corrected chi connectivity index (χ0v) is 9.49. The fourth-order valence-electron chi connectivity index (χ4n) is 1.47. The molecule has 0 saturated carbocycles. The number of unbranched alkanes of at least 4 members (excludes halogenated alkanes) is 1. The Morgan fingerprint density at radius 1 is 1.50 bits per heavy atom. The molecule has 0 aromatic heterocycles. The molecular formula is C13H16N2O. The molecule has 0 aliphatic carbocycles. The lowest BCUT2D eigenvalue weighted by molar-refractivity contribution is -0.120. The van der Waals surface area contributed by atoms with Crippen molar-refractivity contribution in [2.45, 2.75) is 26.2 Å². The van der Waals surface area contributed by atoms with Crippen LogP contribution >= 0.6 is 0 Å². The normalized spacial score (nSPS) is 9.50. The Morgan fingerprint density at radius 3 is 3.00 bits per heavy atom. The third-order valence-electron chi connectivity index (χ3n) is 2.23. The van der Waals surface area contributed by atoms with Crippen LogP contribution in [0.1, 0.15) is 24.0 Å². The van der Waals surface area contributed by atoms with E-state index in [1.807, 2.05) is 37.3 Å². The van der Waals surface area contributed by atoms with Gasteiger partial charge in [0.05, 0.1) is 12.5 Å². The summed E-state index contributed by atoms with van der Waals surface area (Å²) in [7, 11) is 0. The summed E-state index contributed by atoms with van der Waals surface area (Å²) in [6.45, 7) is 2.59. The Labute approximate surface area is 96.1 Å². The summed E-state index contributed by atoms with van der Waals surface area (Å²) in [5.41, 5.74) is 2.19. The standard InChI is InChI=1S/C13H16N2O/c1-11-5-4-6-12(9-11)10-13(16)15-8-3-2-7-14/h4-6,9H,2-3,8,10H2,1H3,(H,15,16). The predicted molar refractivity (Wildman–Crippen MR) is 62.7 cm³/mol. The van der Waals surface area contributed by atoms with E-state index in [0.29, 0.717) is 19.4 Å².